The summed E-state index contributed by atoms with van der Waals surface area (Å²) in [5.41, 5.74) is 0.429. The number of rotatable bonds is 8. The Kier molecular flexibility index (Phi) is 6.09. The van der Waals surface area contributed by atoms with E-state index in [-0.39, 0.29) is 17.3 Å². The lowest BCUT2D eigenvalue weighted by Crippen LogP contribution is -2.26. The zero-order valence-corrected chi connectivity index (χ0v) is 14.1. The third-order valence-corrected chi connectivity index (χ3v) is 5.46. The molecule has 0 aliphatic heterocycles. The second kappa shape index (κ2) is 8.05. The number of carbonyl (C=O) groups excluding carboxylic acids is 1. The molecule has 1 aromatic carbocycles. The number of benzene rings is 1. The summed E-state index contributed by atoms with van der Waals surface area (Å²) in [4.78, 5) is 13.3. The molecular formula is C16H18N2O3S2. The number of amides is 1. The molecule has 1 heterocycles. The Balaban J connectivity index is 1.93. The van der Waals surface area contributed by atoms with Gasteiger partial charge in [0.1, 0.15) is 0 Å². The van der Waals surface area contributed by atoms with E-state index in [0.717, 1.165) is 6.42 Å². The van der Waals surface area contributed by atoms with Crippen molar-refractivity contribution in [3.8, 4) is 0 Å². The molecule has 0 spiro atoms. The molecule has 0 atom stereocenters. The lowest BCUT2D eigenvalue weighted by molar-refractivity contribution is 0.0954. The van der Waals surface area contributed by atoms with Crippen molar-refractivity contribution in [3.63, 3.8) is 0 Å². The summed E-state index contributed by atoms with van der Waals surface area (Å²) in [5.74, 6) is -0.218. The van der Waals surface area contributed by atoms with Gasteiger partial charge in [0.05, 0.1) is 4.90 Å². The summed E-state index contributed by atoms with van der Waals surface area (Å²) >= 11 is 1.65. The minimum Gasteiger partial charge on any atom is -0.352 e. The van der Waals surface area contributed by atoms with Crippen molar-refractivity contribution < 1.29 is 13.2 Å². The zero-order valence-electron chi connectivity index (χ0n) is 12.5. The Labute approximate surface area is 140 Å². The number of carbonyl (C=O) groups is 1. The summed E-state index contributed by atoms with van der Waals surface area (Å²) in [6.07, 6.45) is 2.24. The lowest BCUT2D eigenvalue weighted by Gasteiger charge is -2.07. The summed E-state index contributed by atoms with van der Waals surface area (Å²) < 4.78 is 26.2. The zero-order chi connectivity index (χ0) is 16.7. The van der Waals surface area contributed by atoms with Crippen LogP contribution in [0, 0.1) is 0 Å². The largest absolute Gasteiger partial charge is 0.352 e. The molecule has 0 aliphatic rings. The van der Waals surface area contributed by atoms with Crippen LogP contribution in [-0.2, 0) is 16.4 Å². The lowest BCUT2D eigenvalue weighted by atomic mass is 10.2. The van der Waals surface area contributed by atoms with E-state index >= 15 is 0 Å². The van der Waals surface area contributed by atoms with E-state index in [2.05, 4.69) is 16.6 Å². The van der Waals surface area contributed by atoms with Gasteiger partial charge in [-0.2, -0.15) is 0 Å². The Morgan fingerprint density at radius 1 is 1.22 bits per heavy atom. The number of sulfonamides is 1. The Bertz CT molecular complexity index is 751. The minimum absolute atomic E-state index is 0.120. The average molecular weight is 350 g/mol. The first-order chi connectivity index (χ1) is 11.0. The van der Waals surface area contributed by atoms with E-state index in [1.807, 2.05) is 17.5 Å². The highest BCUT2D eigenvalue weighted by atomic mass is 32.2. The molecule has 0 saturated heterocycles. The second-order valence-electron chi connectivity index (χ2n) is 4.75. The highest BCUT2D eigenvalue weighted by Crippen LogP contribution is 2.11. The molecule has 23 heavy (non-hydrogen) atoms. The Hall–Kier alpha value is -1.96. The minimum atomic E-state index is -3.56. The van der Waals surface area contributed by atoms with Crippen LogP contribution in [0.3, 0.4) is 0 Å². The summed E-state index contributed by atoms with van der Waals surface area (Å²) in [6.45, 7) is 4.16. The highest BCUT2D eigenvalue weighted by Gasteiger charge is 2.13. The number of thiophene rings is 1. The predicted octanol–water partition coefficient (Wildman–Crippen LogP) is 2.18. The van der Waals surface area contributed by atoms with Crippen molar-refractivity contribution >= 4 is 27.3 Å². The first kappa shape index (κ1) is 17.4. The maximum Gasteiger partial charge on any atom is 0.251 e. The smallest absolute Gasteiger partial charge is 0.251 e. The predicted molar refractivity (Wildman–Crippen MR) is 92.2 cm³/mol. The van der Waals surface area contributed by atoms with E-state index in [1.165, 1.54) is 35.2 Å². The topological polar surface area (TPSA) is 75.3 Å². The molecule has 5 nitrogen and oxygen atoms in total. The molecule has 2 N–H and O–H groups in total. The van der Waals surface area contributed by atoms with Crippen LogP contribution in [0.4, 0.5) is 0 Å². The molecule has 7 heteroatoms. The van der Waals surface area contributed by atoms with E-state index < -0.39 is 10.0 Å². The van der Waals surface area contributed by atoms with Gasteiger partial charge in [0.2, 0.25) is 10.0 Å². The normalized spacial score (nSPS) is 11.1. The van der Waals surface area contributed by atoms with Crippen LogP contribution in [0.2, 0.25) is 0 Å². The fraction of sp³-hybridized carbons (Fsp3) is 0.188. The van der Waals surface area contributed by atoms with Crippen LogP contribution in [-0.4, -0.2) is 27.4 Å². The van der Waals surface area contributed by atoms with Gasteiger partial charge in [0, 0.05) is 23.5 Å². The third kappa shape index (κ3) is 5.02. The van der Waals surface area contributed by atoms with Gasteiger partial charge in [-0.05, 0) is 42.1 Å². The summed E-state index contributed by atoms with van der Waals surface area (Å²) in [7, 11) is -3.56. The second-order valence-corrected chi connectivity index (χ2v) is 7.55. The van der Waals surface area contributed by atoms with Crippen molar-refractivity contribution in [2.45, 2.75) is 11.3 Å². The van der Waals surface area contributed by atoms with Gasteiger partial charge in [-0.25, -0.2) is 13.1 Å². The van der Waals surface area contributed by atoms with Crippen LogP contribution in [0.1, 0.15) is 15.2 Å². The van der Waals surface area contributed by atoms with Gasteiger partial charge < -0.3 is 5.32 Å². The quantitative estimate of drug-likeness (QED) is 0.717. The standard InChI is InChI=1S/C16H18N2O3S2/c1-2-10-18-23(20,21)15-7-5-13(6-8-15)16(19)17-11-9-14-4-3-12-22-14/h2-8,12,18H,1,9-11H2,(H,17,19). The number of nitrogens with one attached hydrogen (secondary N) is 2. The molecular weight excluding hydrogens is 332 g/mol. The average Bonchev–Trinajstić information content (AvgIpc) is 3.06. The van der Waals surface area contributed by atoms with Crippen molar-refractivity contribution in [2.75, 3.05) is 13.1 Å². The monoisotopic (exact) mass is 350 g/mol. The van der Waals surface area contributed by atoms with Gasteiger partial charge in [-0.1, -0.05) is 12.1 Å². The molecule has 2 aromatic rings. The molecule has 1 aromatic heterocycles. The first-order valence-electron chi connectivity index (χ1n) is 7.04. The van der Waals surface area contributed by atoms with Gasteiger partial charge >= 0.3 is 0 Å². The van der Waals surface area contributed by atoms with Crippen LogP contribution in [0.15, 0.2) is 59.3 Å². The Morgan fingerprint density at radius 2 is 1.96 bits per heavy atom. The van der Waals surface area contributed by atoms with Crippen LogP contribution >= 0.6 is 11.3 Å². The van der Waals surface area contributed by atoms with Gasteiger partial charge in [0.25, 0.3) is 5.91 Å². The third-order valence-electron chi connectivity index (χ3n) is 3.08. The fourth-order valence-electron chi connectivity index (χ4n) is 1.89. The highest BCUT2D eigenvalue weighted by molar-refractivity contribution is 7.89. The number of hydrogen-bond donors (Lipinski definition) is 2. The van der Waals surface area contributed by atoms with Gasteiger partial charge in [0.15, 0.2) is 0 Å². The number of hydrogen-bond acceptors (Lipinski definition) is 4. The maximum absolute atomic E-state index is 12.0. The molecule has 1 amide bonds. The SMILES string of the molecule is C=CCNS(=O)(=O)c1ccc(C(=O)NCCc2cccs2)cc1. The van der Waals surface area contributed by atoms with E-state index in [0.29, 0.717) is 12.1 Å². The maximum atomic E-state index is 12.0. The van der Waals surface area contributed by atoms with E-state index in [9.17, 15) is 13.2 Å². The molecule has 0 unspecified atom stereocenters. The molecule has 0 bridgehead atoms. The molecule has 0 aliphatic carbocycles. The fourth-order valence-corrected chi connectivity index (χ4v) is 3.60. The van der Waals surface area contributed by atoms with E-state index in [4.69, 9.17) is 0 Å². The van der Waals surface area contributed by atoms with Crippen molar-refractivity contribution in [3.05, 3.63) is 64.9 Å². The molecule has 0 fully saturated rings. The Morgan fingerprint density at radius 3 is 2.57 bits per heavy atom. The van der Waals surface area contributed by atoms with Crippen molar-refractivity contribution in [1.82, 2.24) is 10.0 Å². The van der Waals surface area contributed by atoms with Crippen LogP contribution in [0.25, 0.3) is 0 Å². The van der Waals surface area contributed by atoms with Crippen molar-refractivity contribution in [2.24, 2.45) is 0 Å². The molecule has 0 radical (unpaired) electrons. The summed E-state index contributed by atoms with van der Waals surface area (Å²) in [6, 6.07) is 9.83. The van der Waals surface area contributed by atoms with Crippen LogP contribution in [0.5, 0.6) is 0 Å². The van der Waals surface area contributed by atoms with Gasteiger partial charge in [-0.15, -0.1) is 17.9 Å². The summed E-state index contributed by atoms with van der Waals surface area (Å²) in [5, 5.41) is 4.82. The molecule has 2 rings (SSSR count). The first-order valence-corrected chi connectivity index (χ1v) is 9.40. The molecule has 0 saturated carbocycles. The van der Waals surface area contributed by atoms with Crippen molar-refractivity contribution in [1.29, 1.82) is 0 Å². The molecule has 122 valence electrons. The van der Waals surface area contributed by atoms with Crippen LogP contribution < -0.4 is 10.0 Å². The van der Waals surface area contributed by atoms with Gasteiger partial charge in [-0.3, -0.25) is 4.79 Å². The van der Waals surface area contributed by atoms with E-state index in [1.54, 1.807) is 11.3 Å².